The Labute approximate surface area is 296 Å². The number of nitrogens with zero attached hydrogens (tertiary/aromatic N) is 5. The predicted molar refractivity (Wildman–Crippen MR) is 206 cm³/mol. The maximum atomic E-state index is 9.84. The largest absolute Gasteiger partial charge is 0.310 e. The molecule has 0 radical (unpaired) electrons. The quantitative estimate of drug-likeness (QED) is 0.190. The second kappa shape index (κ2) is 11.6. The van der Waals surface area contributed by atoms with E-state index < -0.39 is 0 Å². The molecule has 0 unspecified atom stereocenters. The van der Waals surface area contributed by atoms with E-state index in [-0.39, 0.29) is 5.41 Å². The minimum absolute atomic E-state index is 0.194. The Morgan fingerprint density at radius 2 is 1.10 bits per heavy atom. The summed E-state index contributed by atoms with van der Waals surface area (Å²) in [6.45, 7) is 4.61. The third-order valence-corrected chi connectivity index (χ3v) is 10.3. The standard InChI is InChI=1S/C46H31N5/c1-46(2)40-14-6-9-17-44(40)51(45-18-10-7-15-41(45)46)35-25-33(37-12-4-3-11-36(37)32-22-30(27-47)21-31(23-32)28-48)24-34(26-35)50-42-16-8-5-13-38(42)39-29-49-20-19-43(39)50/h3-26,29H,1-2H3. The predicted octanol–water partition coefficient (Wildman–Crippen LogP) is 11.4. The van der Waals surface area contributed by atoms with E-state index in [0.29, 0.717) is 11.1 Å². The van der Waals surface area contributed by atoms with Crippen molar-refractivity contribution >= 4 is 38.9 Å². The second-order valence-electron chi connectivity index (χ2n) is 13.5. The molecule has 8 aromatic rings. The third kappa shape index (κ3) is 4.71. The molecule has 0 saturated carbocycles. The van der Waals surface area contributed by atoms with Gasteiger partial charge in [-0.15, -0.1) is 0 Å². The highest BCUT2D eigenvalue weighted by atomic mass is 15.2. The van der Waals surface area contributed by atoms with Crippen LogP contribution in [-0.4, -0.2) is 9.55 Å². The van der Waals surface area contributed by atoms with Gasteiger partial charge >= 0.3 is 0 Å². The number of hydrogen-bond acceptors (Lipinski definition) is 4. The zero-order valence-corrected chi connectivity index (χ0v) is 28.2. The lowest BCUT2D eigenvalue weighted by atomic mass is 9.73. The first-order valence-electron chi connectivity index (χ1n) is 17.0. The van der Waals surface area contributed by atoms with Crippen molar-refractivity contribution in [1.82, 2.24) is 9.55 Å². The molecular formula is C46H31N5. The molecule has 0 fully saturated rings. The van der Waals surface area contributed by atoms with Crippen molar-refractivity contribution in [1.29, 1.82) is 10.5 Å². The van der Waals surface area contributed by atoms with Gasteiger partial charge in [0.1, 0.15) is 0 Å². The van der Waals surface area contributed by atoms with Crippen molar-refractivity contribution in [3.8, 4) is 40.1 Å². The van der Waals surface area contributed by atoms with E-state index in [1.807, 2.05) is 36.7 Å². The van der Waals surface area contributed by atoms with E-state index >= 15 is 0 Å². The molecule has 0 bridgehead atoms. The van der Waals surface area contributed by atoms with Crippen molar-refractivity contribution in [3.63, 3.8) is 0 Å². The SMILES string of the molecule is CC1(C)c2ccccc2N(c2cc(-c3ccccc3-c3cc(C#N)cc(C#N)c3)cc(-n3c4ccccc4c4cnccc43)c2)c2ccccc21. The fourth-order valence-corrected chi connectivity index (χ4v) is 7.95. The van der Waals surface area contributed by atoms with Gasteiger partial charge in [-0.3, -0.25) is 4.98 Å². The van der Waals surface area contributed by atoms with Crippen LogP contribution in [0.3, 0.4) is 0 Å². The Hall–Kier alpha value is -6.95. The number of rotatable bonds is 4. The summed E-state index contributed by atoms with van der Waals surface area (Å²) >= 11 is 0. The number of hydrogen-bond donors (Lipinski definition) is 0. The summed E-state index contributed by atoms with van der Waals surface area (Å²) in [4.78, 5) is 6.89. The van der Waals surface area contributed by atoms with Crippen molar-refractivity contribution in [2.75, 3.05) is 4.90 Å². The van der Waals surface area contributed by atoms with Gasteiger partial charge in [-0.25, -0.2) is 0 Å². The van der Waals surface area contributed by atoms with Gasteiger partial charge in [0.2, 0.25) is 0 Å². The minimum Gasteiger partial charge on any atom is -0.310 e. The maximum absolute atomic E-state index is 9.84. The summed E-state index contributed by atoms with van der Waals surface area (Å²) in [6.07, 6.45) is 3.80. The average molecular weight is 654 g/mol. The number of aromatic nitrogens is 2. The monoisotopic (exact) mass is 653 g/mol. The lowest BCUT2D eigenvalue weighted by molar-refractivity contribution is 0.632. The molecule has 1 aliphatic heterocycles. The van der Waals surface area contributed by atoms with Gasteiger partial charge in [-0.05, 0) is 94.0 Å². The van der Waals surface area contributed by atoms with Crippen molar-refractivity contribution < 1.29 is 0 Å². The topological polar surface area (TPSA) is 68.6 Å². The molecule has 3 heterocycles. The van der Waals surface area contributed by atoms with Crippen molar-refractivity contribution in [3.05, 3.63) is 174 Å². The molecule has 5 nitrogen and oxygen atoms in total. The molecule has 2 aromatic heterocycles. The summed E-state index contributed by atoms with van der Waals surface area (Å²) < 4.78 is 2.33. The number of fused-ring (bicyclic) bond motifs is 5. The summed E-state index contributed by atoms with van der Waals surface area (Å²) in [5.74, 6) is 0. The number of para-hydroxylation sites is 3. The lowest BCUT2D eigenvalue weighted by Crippen LogP contribution is -2.30. The van der Waals surface area contributed by atoms with Gasteiger partial charge in [0.05, 0.1) is 45.7 Å². The Morgan fingerprint density at radius 1 is 0.549 bits per heavy atom. The summed E-state index contributed by atoms with van der Waals surface area (Å²) in [5, 5.41) is 21.9. The van der Waals surface area contributed by atoms with Crippen LogP contribution in [0.25, 0.3) is 49.7 Å². The number of pyridine rings is 1. The van der Waals surface area contributed by atoms with Crippen LogP contribution in [0.1, 0.15) is 36.1 Å². The van der Waals surface area contributed by atoms with E-state index in [2.05, 4.69) is 150 Å². The Morgan fingerprint density at radius 3 is 1.76 bits per heavy atom. The van der Waals surface area contributed by atoms with E-state index in [0.717, 1.165) is 66.8 Å². The molecule has 0 atom stereocenters. The Balaban J connectivity index is 1.37. The highest BCUT2D eigenvalue weighted by Crippen LogP contribution is 2.52. The maximum Gasteiger partial charge on any atom is 0.0992 e. The van der Waals surface area contributed by atoms with E-state index in [4.69, 9.17) is 0 Å². The summed E-state index contributed by atoms with van der Waals surface area (Å²) in [7, 11) is 0. The molecule has 1 aliphatic rings. The number of nitriles is 2. The normalized spacial score (nSPS) is 13.0. The highest BCUT2D eigenvalue weighted by molar-refractivity contribution is 6.09. The molecule has 240 valence electrons. The van der Waals surface area contributed by atoms with Crippen LogP contribution in [0.4, 0.5) is 17.1 Å². The number of benzene rings is 6. The molecule has 0 aliphatic carbocycles. The fraction of sp³-hybridized carbons (Fsp3) is 0.0652. The summed E-state index contributed by atoms with van der Waals surface area (Å²) in [6, 6.07) is 52.9. The molecule has 0 saturated heterocycles. The van der Waals surface area contributed by atoms with E-state index in [1.165, 1.54) is 11.1 Å². The lowest BCUT2D eigenvalue weighted by Gasteiger charge is -2.42. The molecule has 9 rings (SSSR count). The number of anilines is 3. The van der Waals surface area contributed by atoms with Crippen LogP contribution in [0.5, 0.6) is 0 Å². The van der Waals surface area contributed by atoms with Crippen LogP contribution in [-0.2, 0) is 5.41 Å². The van der Waals surface area contributed by atoms with E-state index in [1.54, 1.807) is 6.07 Å². The van der Waals surface area contributed by atoms with Gasteiger partial charge in [0, 0.05) is 40.0 Å². The van der Waals surface area contributed by atoms with Crippen LogP contribution >= 0.6 is 0 Å². The highest BCUT2D eigenvalue weighted by Gasteiger charge is 2.36. The van der Waals surface area contributed by atoms with E-state index in [9.17, 15) is 10.5 Å². The van der Waals surface area contributed by atoms with Crippen molar-refractivity contribution in [2.24, 2.45) is 0 Å². The van der Waals surface area contributed by atoms with Crippen LogP contribution in [0, 0.1) is 22.7 Å². The smallest absolute Gasteiger partial charge is 0.0992 e. The molecular weight excluding hydrogens is 623 g/mol. The zero-order valence-electron chi connectivity index (χ0n) is 28.2. The second-order valence-corrected chi connectivity index (χ2v) is 13.5. The first-order valence-corrected chi connectivity index (χ1v) is 17.0. The molecule has 0 amide bonds. The first kappa shape index (κ1) is 30.1. The first-order chi connectivity index (χ1) is 25.0. The molecule has 51 heavy (non-hydrogen) atoms. The average Bonchev–Trinajstić information content (AvgIpc) is 3.52. The van der Waals surface area contributed by atoms with Gasteiger partial charge < -0.3 is 9.47 Å². The van der Waals surface area contributed by atoms with Crippen LogP contribution in [0.15, 0.2) is 152 Å². The van der Waals surface area contributed by atoms with Gasteiger partial charge in [-0.1, -0.05) is 92.7 Å². The Bertz CT molecular complexity index is 2640. The molecule has 0 spiro atoms. The zero-order chi connectivity index (χ0) is 34.7. The fourth-order valence-electron chi connectivity index (χ4n) is 7.95. The molecule has 6 aromatic carbocycles. The van der Waals surface area contributed by atoms with Gasteiger partial charge in [0.25, 0.3) is 0 Å². The summed E-state index contributed by atoms with van der Waals surface area (Å²) in [5.41, 5.74) is 13.5. The van der Waals surface area contributed by atoms with Crippen molar-refractivity contribution in [2.45, 2.75) is 19.3 Å². The molecule has 0 N–H and O–H groups in total. The molecule has 5 heteroatoms. The Kier molecular flexibility index (Phi) is 6.85. The van der Waals surface area contributed by atoms with Crippen LogP contribution in [0.2, 0.25) is 0 Å². The third-order valence-electron chi connectivity index (χ3n) is 10.3. The minimum atomic E-state index is -0.194. The van der Waals surface area contributed by atoms with Crippen LogP contribution < -0.4 is 4.90 Å². The van der Waals surface area contributed by atoms with Gasteiger partial charge in [0.15, 0.2) is 0 Å². The van der Waals surface area contributed by atoms with Gasteiger partial charge in [-0.2, -0.15) is 10.5 Å².